The van der Waals surface area contributed by atoms with Crippen molar-refractivity contribution >= 4 is 57.7 Å². The van der Waals surface area contributed by atoms with Crippen molar-refractivity contribution < 1.29 is 4.79 Å². The molecule has 0 aliphatic heterocycles. The van der Waals surface area contributed by atoms with E-state index in [1.54, 1.807) is 12.1 Å². The topological polar surface area (TPSA) is 83.9 Å². The molecule has 3 aromatic rings. The number of nitrogens with zero attached hydrogens (tertiary/aromatic N) is 1. The first-order valence-electron chi connectivity index (χ1n) is 7.58. The summed E-state index contributed by atoms with van der Waals surface area (Å²) in [5.41, 5.74) is 7.23. The number of amidine groups is 1. The first-order valence-corrected chi connectivity index (χ1v) is 8.40. The second kappa shape index (κ2) is 8.91. The highest BCUT2D eigenvalue weighted by atomic mass is 127. The molecule has 0 fully saturated rings. The van der Waals surface area contributed by atoms with Crippen molar-refractivity contribution in [1.29, 1.82) is 5.41 Å². The van der Waals surface area contributed by atoms with Crippen LogP contribution in [0.15, 0.2) is 65.7 Å². The first-order chi connectivity index (χ1) is 11.6. The van der Waals surface area contributed by atoms with Gasteiger partial charge >= 0.3 is 0 Å². The maximum atomic E-state index is 12.1. The fraction of sp³-hybridized carbons (Fsp3) is 0.111. The zero-order valence-corrected chi connectivity index (χ0v) is 16.6. The number of carbonyl (C=O) groups is 1. The number of thioether (sulfide) groups is 1. The Kier molecular flexibility index (Phi) is 6.89. The molecule has 0 saturated heterocycles. The number of hydrogen-bond acceptors (Lipinski definition) is 3. The Morgan fingerprint density at radius 3 is 2.52 bits per heavy atom. The minimum absolute atomic E-state index is 0. The molecule has 7 heteroatoms. The molecule has 1 amide bonds. The zero-order valence-electron chi connectivity index (χ0n) is 13.4. The van der Waals surface area contributed by atoms with Gasteiger partial charge in [-0.3, -0.25) is 10.2 Å². The van der Waals surface area contributed by atoms with Crippen LogP contribution in [0.2, 0.25) is 0 Å². The number of hydrogen-bond donors (Lipinski definition) is 3. The molecule has 0 spiro atoms. The number of nitrogens with two attached hydrogens (primary N) is 1. The predicted octanol–water partition coefficient (Wildman–Crippen LogP) is 3.67. The molecule has 5 nitrogen and oxygen atoms in total. The number of para-hydroxylation sites is 1. The molecule has 4 N–H and O–H groups in total. The third-order valence-corrected chi connectivity index (χ3v) is 4.41. The van der Waals surface area contributed by atoms with E-state index in [0.29, 0.717) is 18.7 Å². The van der Waals surface area contributed by atoms with E-state index in [1.165, 1.54) is 11.8 Å². The predicted molar refractivity (Wildman–Crippen MR) is 114 cm³/mol. The lowest BCUT2D eigenvalue weighted by atomic mass is 10.2. The summed E-state index contributed by atoms with van der Waals surface area (Å²) in [6.45, 7) is 1.17. The molecular weight excluding hydrogens is 447 g/mol. The van der Waals surface area contributed by atoms with E-state index in [-0.39, 0.29) is 35.1 Å². The van der Waals surface area contributed by atoms with Crippen molar-refractivity contribution in [2.75, 3.05) is 6.54 Å². The second-order valence-electron chi connectivity index (χ2n) is 5.29. The number of aromatic nitrogens is 1. The lowest BCUT2D eigenvalue weighted by Crippen LogP contribution is -2.26. The van der Waals surface area contributed by atoms with Gasteiger partial charge in [-0.15, -0.1) is 24.0 Å². The molecule has 25 heavy (non-hydrogen) atoms. The van der Waals surface area contributed by atoms with E-state index in [4.69, 9.17) is 11.1 Å². The molecule has 3 rings (SSSR count). The van der Waals surface area contributed by atoms with Crippen LogP contribution in [-0.4, -0.2) is 22.2 Å². The molecule has 0 saturated carbocycles. The van der Waals surface area contributed by atoms with Gasteiger partial charge in [0, 0.05) is 40.6 Å². The van der Waals surface area contributed by atoms with E-state index in [0.717, 1.165) is 15.8 Å². The average molecular weight is 466 g/mol. The summed E-state index contributed by atoms with van der Waals surface area (Å²) in [4.78, 5) is 13.0. The quantitative estimate of drug-likeness (QED) is 0.232. The highest BCUT2D eigenvalue weighted by Crippen LogP contribution is 2.29. The van der Waals surface area contributed by atoms with Crippen molar-refractivity contribution in [3.63, 3.8) is 0 Å². The number of carbonyl (C=O) groups excluding carboxylic acids is 1. The van der Waals surface area contributed by atoms with Crippen LogP contribution in [0.1, 0.15) is 10.4 Å². The van der Waals surface area contributed by atoms with E-state index in [2.05, 4.69) is 9.88 Å². The lowest BCUT2D eigenvalue weighted by molar-refractivity contribution is 0.0952. The lowest BCUT2D eigenvalue weighted by Gasteiger charge is -2.07. The van der Waals surface area contributed by atoms with Gasteiger partial charge in [-0.25, -0.2) is 0 Å². The molecule has 0 radical (unpaired) electrons. The molecule has 0 unspecified atom stereocenters. The molecule has 0 atom stereocenters. The monoisotopic (exact) mass is 466 g/mol. The third-order valence-electron chi connectivity index (χ3n) is 3.65. The van der Waals surface area contributed by atoms with Crippen LogP contribution in [0.5, 0.6) is 0 Å². The number of benzene rings is 2. The summed E-state index contributed by atoms with van der Waals surface area (Å²) < 4.78 is 2.08. The van der Waals surface area contributed by atoms with Gasteiger partial charge in [-0.05, 0) is 18.2 Å². The molecule has 1 aromatic heterocycles. The highest BCUT2D eigenvalue weighted by Gasteiger charge is 2.10. The first kappa shape index (κ1) is 19.3. The smallest absolute Gasteiger partial charge is 0.251 e. The normalized spacial score (nSPS) is 10.2. The minimum Gasteiger partial charge on any atom is -0.378 e. The number of fused-ring (bicyclic) bond motifs is 1. The van der Waals surface area contributed by atoms with Gasteiger partial charge in [-0.1, -0.05) is 48.2 Å². The maximum absolute atomic E-state index is 12.1. The standard InChI is InChI=1S/C18H18N4OS.HI/c19-18(20)24-16-12-22(15-9-5-4-8-14(15)16)11-10-21-17(23)13-6-2-1-3-7-13;/h1-9,12H,10-11H2,(H3,19,20)(H,21,23);1H. The zero-order chi connectivity index (χ0) is 16.9. The fourth-order valence-electron chi connectivity index (χ4n) is 2.58. The van der Waals surface area contributed by atoms with Crippen LogP contribution in [0, 0.1) is 5.41 Å². The Balaban J connectivity index is 0.00000225. The van der Waals surface area contributed by atoms with Crippen LogP contribution in [-0.2, 0) is 6.54 Å². The highest BCUT2D eigenvalue weighted by molar-refractivity contribution is 14.0. The average Bonchev–Trinajstić information content (AvgIpc) is 2.93. The Hall–Kier alpha value is -2.00. The second-order valence-corrected chi connectivity index (χ2v) is 6.38. The molecule has 0 bridgehead atoms. The van der Waals surface area contributed by atoms with Crippen LogP contribution in [0.3, 0.4) is 0 Å². The number of halogens is 1. The third kappa shape index (κ3) is 4.76. The van der Waals surface area contributed by atoms with E-state index in [1.807, 2.05) is 48.7 Å². The molecular formula is C18H19IN4OS. The van der Waals surface area contributed by atoms with Gasteiger partial charge in [0.15, 0.2) is 5.17 Å². The Labute approximate surface area is 167 Å². The van der Waals surface area contributed by atoms with Crippen molar-refractivity contribution in [1.82, 2.24) is 9.88 Å². The number of rotatable bonds is 5. The van der Waals surface area contributed by atoms with Gasteiger partial charge in [-0.2, -0.15) is 0 Å². The van der Waals surface area contributed by atoms with E-state index >= 15 is 0 Å². The Bertz CT molecular complexity index is 879. The maximum Gasteiger partial charge on any atom is 0.251 e. The largest absolute Gasteiger partial charge is 0.378 e. The summed E-state index contributed by atoms with van der Waals surface area (Å²) in [6.07, 6.45) is 1.98. The summed E-state index contributed by atoms with van der Waals surface area (Å²) in [6, 6.07) is 17.1. The van der Waals surface area contributed by atoms with Gasteiger partial charge in [0.2, 0.25) is 0 Å². The van der Waals surface area contributed by atoms with Crippen LogP contribution < -0.4 is 11.1 Å². The number of amides is 1. The Morgan fingerprint density at radius 2 is 1.80 bits per heavy atom. The van der Waals surface area contributed by atoms with Crippen molar-refractivity contribution in [3.05, 3.63) is 66.4 Å². The Morgan fingerprint density at radius 1 is 1.12 bits per heavy atom. The van der Waals surface area contributed by atoms with Crippen molar-refractivity contribution in [2.24, 2.45) is 5.73 Å². The van der Waals surface area contributed by atoms with E-state index in [9.17, 15) is 4.79 Å². The summed E-state index contributed by atoms with van der Waals surface area (Å²) >= 11 is 1.24. The minimum atomic E-state index is -0.0783. The molecule has 1 heterocycles. The van der Waals surface area contributed by atoms with Crippen molar-refractivity contribution in [3.8, 4) is 0 Å². The molecule has 0 aliphatic carbocycles. The van der Waals surface area contributed by atoms with Crippen LogP contribution in [0.25, 0.3) is 10.9 Å². The van der Waals surface area contributed by atoms with Crippen LogP contribution in [0.4, 0.5) is 0 Å². The van der Waals surface area contributed by atoms with Gasteiger partial charge < -0.3 is 15.6 Å². The molecule has 0 aliphatic rings. The van der Waals surface area contributed by atoms with Gasteiger partial charge in [0.25, 0.3) is 5.91 Å². The van der Waals surface area contributed by atoms with Gasteiger partial charge in [0.1, 0.15) is 0 Å². The SMILES string of the molecule is I.N=C(N)Sc1cn(CCNC(=O)c2ccccc2)c2ccccc12. The van der Waals surface area contributed by atoms with Crippen LogP contribution >= 0.6 is 35.7 Å². The summed E-state index contributed by atoms with van der Waals surface area (Å²) in [5, 5.41) is 11.5. The molecule has 2 aromatic carbocycles. The van der Waals surface area contributed by atoms with Crippen molar-refractivity contribution in [2.45, 2.75) is 11.4 Å². The fourth-order valence-corrected chi connectivity index (χ4v) is 3.28. The van der Waals surface area contributed by atoms with E-state index < -0.39 is 0 Å². The summed E-state index contributed by atoms with van der Waals surface area (Å²) in [7, 11) is 0. The van der Waals surface area contributed by atoms with Gasteiger partial charge in [0.05, 0.1) is 0 Å². The summed E-state index contributed by atoms with van der Waals surface area (Å²) in [5.74, 6) is -0.0783. The number of nitrogens with one attached hydrogen (secondary N) is 2. The molecule has 130 valence electrons.